The van der Waals surface area contributed by atoms with Gasteiger partial charge in [-0.3, -0.25) is 5.43 Å². The van der Waals surface area contributed by atoms with Crippen molar-refractivity contribution < 1.29 is 4.74 Å². The molecule has 0 saturated heterocycles. The van der Waals surface area contributed by atoms with Crippen molar-refractivity contribution in [2.75, 3.05) is 7.11 Å². The summed E-state index contributed by atoms with van der Waals surface area (Å²) in [6, 6.07) is 0.915. The molecule has 2 aliphatic carbocycles. The maximum absolute atomic E-state index is 5.47. The van der Waals surface area contributed by atoms with E-state index in [0.717, 1.165) is 18.8 Å². The maximum atomic E-state index is 5.47. The zero-order chi connectivity index (χ0) is 11.4. The predicted molar refractivity (Wildman–Crippen MR) is 64.0 cm³/mol. The van der Waals surface area contributed by atoms with Crippen LogP contribution in [-0.2, 0) is 4.74 Å². The highest BCUT2D eigenvalue weighted by atomic mass is 16.5. The molecule has 0 heterocycles. The Bertz CT molecular complexity index is 244. The summed E-state index contributed by atoms with van der Waals surface area (Å²) in [6.07, 6.45) is 7.46. The molecule has 2 saturated carbocycles. The Hall–Kier alpha value is -0.810. The van der Waals surface area contributed by atoms with E-state index in [1.165, 1.54) is 25.7 Å². The van der Waals surface area contributed by atoms with Gasteiger partial charge in [-0.15, -0.1) is 0 Å². The molecule has 0 amide bonds. The van der Waals surface area contributed by atoms with E-state index in [1.54, 1.807) is 7.11 Å². The number of aliphatic imine (C=N–C) groups is 1. The van der Waals surface area contributed by atoms with Gasteiger partial charge in [-0.25, -0.2) is 10.8 Å². The van der Waals surface area contributed by atoms with Gasteiger partial charge in [0.25, 0.3) is 0 Å². The van der Waals surface area contributed by atoms with Crippen LogP contribution >= 0.6 is 0 Å². The first-order chi connectivity index (χ1) is 7.81. The van der Waals surface area contributed by atoms with Crippen molar-refractivity contribution in [3.8, 4) is 0 Å². The Balaban J connectivity index is 1.77. The molecular weight excluding hydrogens is 204 g/mol. The molecule has 5 heteroatoms. The highest BCUT2D eigenvalue weighted by Gasteiger charge is 2.29. The van der Waals surface area contributed by atoms with Gasteiger partial charge in [0.15, 0.2) is 0 Å². The van der Waals surface area contributed by atoms with Crippen LogP contribution in [0.3, 0.4) is 0 Å². The van der Waals surface area contributed by atoms with E-state index in [0.29, 0.717) is 18.2 Å². The van der Waals surface area contributed by atoms with E-state index < -0.39 is 0 Å². The monoisotopic (exact) mass is 226 g/mol. The van der Waals surface area contributed by atoms with Crippen LogP contribution in [0, 0.1) is 0 Å². The van der Waals surface area contributed by atoms with E-state index in [1.807, 2.05) is 0 Å². The highest BCUT2D eigenvalue weighted by Crippen LogP contribution is 2.23. The van der Waals surface area contributed by atoms with Gasteiger partial charge in [0.05, 0.1) is 12.1 Å². The maximum Gasteiger partial charge on any atom is 0.206 e. The molecule has 0 aromatic carbocycles. The SMILES string of the molecule is COC1CC(NC(=NC2CCCC2)NN)C1. The second kappa shape index (κ2) is 5.50. The van der Waals surface area contributed by atoms with Gasteiger partial charge < -0.3 is 10.1 Å². The molecule has 92 valence electrons. The normalized spacial score (nSPS) is 31.2. The Labute approximate surface area is 96.8 Å². The third-order valence-electron chi connectivity index (χ3n) is 3.54. The van der Waals surface area contributed by atoms with Crippen LogP contribution in [0.15, 0.2) is 4.99 Å². The van der Waals surface area contributed by atoms with Gasteiger partial charge in [0.1, 0.15) is 0 Å². The second-order valence-electron chi connectivity index (χ2n) is 4.73. The molecule has 0 radical (unpaired) electrons. The standard InChI is InChI=1S/C11H22N4O/c1-16-10-6-9(7-10)14-11(15-12)13-8-4-2-3-5-8/h8-10H,2-7,12H2,1H3,(H2,13,14,15). The fraction of sp³-hybridized carbons (Fsp3) is 0.909. The molecular formula is C11H22N4O. The van der Waals surface area contributed by atoms with Crippen molar-refractivity contribution in [1.29, 1.82) is 0 Å². The number of methoxy groups -OCH3 is 1. The fourth-order valence-corrected chi connectivity index (χ4v) is 2.40. The minimum Gasteiger partial charge on any atom is -0.381 e. The number of ether oxygens (including phenoxy) is 1. The number of nitrogens with one attached hydrogen (secondary N) is 2. The largest absolute Gasteiger partial charge is 0.381 e. The van der Waals surface area contributed by atoms with Crippen LogP contribution in [0.5, 0.6) is 0 Å². The minimum absolute atomic E-state index is 0.406. The summed E-state index contributed by atoms with van der Waals surface area (Å²) in [4.78, 5) is 4.60. The van der Waals surface area contributed by atoms with Crippen LogP contribution in [-0.4, -0.2) is 31.3 Å². The zero-order valence-corrected chi connectivity index (χ0v) is 9.91. The van der Waals surface area contributed by atoms with Gasteiger partial charge >= 0.3 is 0 Å². The summed E-state index contributed by atoms with van der Waals surface area (Å²) in [7, 11) is 1.76. The average molecular weight is 226 g/mol. The molecule has 0 aliphatic heterocycles. The van der Waals surface area contributed by atoms with Crippen LogP contribution < -0.4 is 16.6 Å². The van der Waals surface area contributed by atoms with Gasteiger partial charge in [-0.2, -0.15) is 0 Å². The fourth-order valence-electron chi connectivity index (χ4n) is 2.40. The van der Waals surface area contributed by atoms with Crippen molar-refractivity contribution in [2.45, 2.75) is 56.7 Å². The molecule has 2 rings (SSSR count). The number of rotatable bonds is 3. The van der Waals surface area contributed by atoms with Gasteiger partial charge in [-0.1, -0.05) is 12.8 Å². The smallest absolute Gasteiger partial charge is 0.206 e. The van der Waals surface area contributed by atoms with Crippen LogP contribution in [0.1, 0.15) is 38.5 Å². The van der Waals surface area contributed by atoms with E-state index in [2.05, 4.69) is 15.7 Å². The summed E-state index contributed by atoms with van der Waals surface area (Å²) in [5.41, 5.74) is 2.66. The Morgan fingerprint density at radius 3 is 2.56 bits per heavy atom. The Morgan fingerprint density at radius 1 is 1.31 bits per heavy atom. The van der Waals surface area contributed by atoms with Gasteiger partial charge in [-0.05, 0) is 25.7 Å². The number of nitrogens with zero attached hydrogens (tertiary/aromatic N) is 1. The topological polar surface area (TPSA) is 71.7 Å². The molecule has 0 aromatic heterocycles. The Kier molecular flexibility index (Phi) is 4.01. The van der Waals surface area contributed by atoms with Crippen LogP contribution in [0.4, 0.5) is 0 Å². The summed E-state index contributed by atoms with van der Waals surface area (Å²) < 4.78 is 5.23. The number of hydrogen-bond acceptors (Lipinski definition) is 3. The lowest BCUT2D eigenvalue weighted by atomic mass is 9.89. The summed E-state index contributed by atoms with van der Waals surface area (Å²) >= 11 is 0. The quantitative estimate of drug-likeness (QED) is 0.284. The first kappa shape index (κ1) is 11.7. The summed E-state index contributed by atoms with van der Waals surface area (Å²) in [5.74, 6) is 6.21. The van der Waals surface area contributed by atoms with Crippen LogP contribution in [0.2, 0.25) is 0 Å². The molecule has 16 heavy (non-hydrogen) atoms. The highest BCUT2D eigenvalue weighted by molar-refractivity contribution is 5.79. The lowest BCUT2D eigenvalue weighted by Crippen LogP contribution is -2.53. The lowest BCUT2D eigenvalue weighted by Gasteiger charge is -2.35. The predicted octanol–water partition coefficient (Wildman–Crippen LogP) is 0.515. The molecule has 4 N–H and O–H groups in total. The first-order valence-electron chi connectivity index (χ1n) is 6.15. The molecule has 0 atom stereocenters. The number of hydrazine groups is 1. The number of guanidine groups is 1. The van der Waals surface area contributed by atoms with Crippen molar-refractivity contribution in [2.24, 2.45) is 10.8 Å². The van der Waals surface area contributed by atoms with Gasteiger partial charge in [0, 0.05) is 13.2 Å². The molecule has 0 bridgehead atoms. The molecule has 2 aliphatic rings. The van der Waals surface area contributed by atoms with Crippen molar-refractivity contribution in [3.05, 3.63) is 0 Å². The number of hydrogen-bond donors (Lipinski definition) is 3. The summed E-state index contributed by atoms with van der Waals surface area (Å²) in [5, 5.41) is 3.33. The molecule has 0 aromatic rings. The first-order valence-corrected chi connectivity index (χ1v) is 6.15. The average Bonchev–Trinajstić information content (AvgIpc) is 2.73. The van der Waals surface area contributed by atoms with Crippen molar-refractivity contribution in [3.63, 3.8) is 0 Å². The second-order valence-corrected chi connectivity index (χ2v) is 4.73. The Morgan fingerprint density at radius 2 is 2.00 bits per heavy atom. The molecule has 5 nitrogen and oxygen atoms in total. The zero-order valence-electron chi connectivity index (χ0n) is 9.91. The molecule has 0 unspecified atom stereocenters. The van der Waals surface area contributed by atoms with Crippen LogP contribution in [0.25, 0.3) is 0 Å². The lowest BCUT2D eigenvalue weighted by molar-refractivity contribution is 0.0223. The third-order valence-corrected chi connectivity index (χ3v) is 3.54. The molecule has 0 spiro atoms. The summed E-state index contributed by atoms with van der Waals surface area (Å²) in [6.45, 7) is 0. The van der Waals surface area contributed by atoms with E-state index in [4.69, 9.17) is 10.6 Å². The van der Waals surface area contributed by atoms with Crippen molar-refractivity contribution in [1.82, 2.24) is 10.7 Å². The minimum atomic E-state index is 0.406. The van der Waals surface area contributed by atoms with Crippen molar-refractivity contribution >= 4 is 5.96 Å². The number of nitrogens with two attached hydrogens (primary N) is 1. The van der Waals surface area contributed by atoms with E-state index >= 15 is 0 Å². The molecule has 2 fully saturated rings. The third kappa shape index (κ3) is 2.86. The van der Waals surface area contributed by atoms with E-state index in [-0.39, 0.29) is 0 Å². The van der Waals surface area contributed by atoms with E-state index in [9.17, 15) is 0 Å². The van der Waals surface area contributed by atoms with Gasteiger partial charge in [0.2, 0.25) is 5.96 Å².